The van der Waals surface area contributed by atoms with Gasteiger partial charge in [0.05, 0.1) is 0 Å². The molecule has 0 N–H and O–H groups in total. The van der Waals surface area contributed by atoms with E-state index in [2.05, 4.69) is 0 Å². The molecule has 0 radical (unpaired) electrons. The third-order valence-corrected chi connectivity index (χ3v) is 2.86. The molecule has 0 atom stereocenters. The van der Waals surface area contributed by atoms with Crippen molar-refractivity contribution in [1.29, 1.82) is 0 Å². The number of hydrogen-bond acceptors (Lipinski definition) is 1. The van der Waals surface area contributed by atoms with Gasteiger partial charge in [0, 0.05) is 18.7 Å². The highest BCUT2D eigenvalue weighted by atomic mass is 16.2. The molecule has 0 aromatic rings. The predicted octanol–water partition coefficient (Wildman–Crippen LogP) is 1.72. The van der Waals surface area contributed by atoms with Gasteiger partial charge >= 0.3 is 0 Å². The Morgan fingerprint density at radius 1 is 1.25 bits per heavy atom. The van der Waals surface area contributed by atoms with Gasteiger partial charge in [-0.25, -0.2) is 0 Å². The molecule has 2 nitrogen and oxygen atoms in total. The lowest BCUT2D eigenvalue weighted by Gasteiger charge is -2.30. The summed E-state index contributed by atoms with van der Waals surface area (Å²) in [7, 11) is 0. The summed E-state index contributed by atoms with van der Waals surface area (Å²) in [5, 5.41) is 0. The fraction of sp³-hybridized carbons (Fsp3) is 0.700. The maximum atomic E-state index is 11.3. The Balaban J connectivity index is 1.95. The Labute approximate surface area is 73.2 Å². The van der Waals surface area contributed by atoms with Crippen LogP contribution in [0, 0.1) is 0 Å². The fourth-order valence-electron chi connectivity index (χ4n) is 2.17. The van der Waals surface area contributed by atoms with Crippen molar-refractivity contribution in [1.82, 2.24) is 4.90 Å². The molecule has 1 amide bonds. The SMILES string of the molecule is O=C1C=CCN1C1CCCCC1. The molecule has 1 heterocycles. The fourth-order valence-corrected chi connectivity index (χ4v) is 2.17. The predicted molar refractivity (Wildman–Crippen MR) is 47.7 cm³/mol. The highest BCUT2D eigenvalue weighted by molar-refractivity contribution is 5.90. The summed E-state index contributed by atoms with van der Waals surface area (Å²) < 4.78 is 0. The first-order chi connectivity index (χ1) is 5.88. The molecule has 2 heteroatoms. The van der Waals surface area contributed by atoms with Crippen LogP contribution in [0.15, 0.2) is 12.2 Å². The number of carbonyl (C=O) groups is 1. The second-order valence-corrected chi connectivity index (χ2v) is 3.68. The Bertz CT molecular complexity index is 204. The topological polar surface area (TPSA) is 20.3 Å². The van der Waals surface area contributed by atoms with Gasteiger partial charge in [-0.1, -0.05) is 25.3 Å². The van der Waals surface area contributed by atoms with Crippen LogP contribution in [-0.4, -0.2) is 23.4 Å². The van der Waals surface area contributed by atoms with Crippen molar-refractivity contribution >= 4 is 5.91 Å². The normalized spacial score (nSPS) is 25.3. The largest absolute Gasteiger partial charge is 0.332 e. The molecule has 1 saturated carbocycles. The zero-order chi connectivity index (χ0) is 8.39. The number of nitrogens with zero attached hydrogens (tertiary/aromatic N) is 1. The van der Waals surface area contributed by atoms with Crippen molar-refractivity contribution in [2.24, 2.45) is 0 Å². The molecule has 12 heavy (non-hydrogen) atoms. The summed E-state index contributed by atoms with van der Waals surface area (Å²) in [5.41, 5.74) is 0. The van der Waals surface area contributed by atoms with E-state index in [1.165, 1.54) is 32.1 Å². The summed E-state index contributed by atoms with van der Waals surface area (Å²) in [6.45, 7) is 0.851. The van der Waals surface area contributed by atoms with Crippen molar-refractivity contribution in [2.75, 3.05) is 6.54 Å². The molecule has 2 rings (SSSR count). The smallest absolute Gasteiger partial charge is 0.246 e. The van der Waals surface area contributed by atoms with Crippen molar-refractivity contribution in [3.05, 3.63) is 12.2 Å². The van der Waals surface area contributed by atoms with Gasteiger partial charge in [0.2, 0.25) is 5.91 Å². The van der Waals surface area contributed by atoms with E-state index in [0.717, 1.165) is 6.54 Å². The Morgan fingerprint density at radius 2 is 2.00 bits per heavy atom. The number of rotatable bonds is 1. The average molecular weight is 165 g/mol. The quantitative estimate of drug-likeness (QED) is 0.579. The third kappa shape index (κ3) is 1.38. The maximum absolute atomic E-state index is 11.3. The molecule has 1 aliphatic carbocycles. The summed E-state index contributed by atoms with van der Waals surface area (Å²) in [5.74, 6) is 0.224. The summed E-state index contributed by atoms with van der Waals surface area (Å²) in [6, 6.07) is 0.543. The minimum absolute atomic E-state index is 0.224. The van der Waals surface area contributed by atoms with E-state index in [0.29, 0.717) is 6.04 Å². The van der Waals surface area contributed by atoms with Gasteiger partial charge in [0.15, 0.2) is 0 Å². The second-order valence-electron chi connectivity index (χ2n) is 3.68. The Morgan fingerprint density at radius 3 is 2.58 bits per heavy atom. The number of hydrogen-bond donors (Lipinski definition) is 0. The van der Waals surface area contributed by atoms with Gasteiger partial charge in [-0.3, -0.25) is 4.79 Å². The monoisotopic (exact) mass is 165 g/mol. The van der Waals surface area contributed by atoms with E-state index < -0.39 is 0 Å². The van der Waals surface area contributed by atoms with E-state index in [-0.39, 0.29) is 5.91 Å². The van der Waals surface area contributed by atoms with Gasteiger partial charge in [-0.15, -0.1) is 0 Å². The molecule has 0 aromatic carbocycles. The van der Waals surface area contributed by atoms with Crippen LogP contribution in [0.4, 0.5) is 0 Å². The molecular weight excluding hydrogens is 150 g/mol. The first kappa shape index (κ1) is 7.84. The lowest BCUT2D eigenvalue weighted by atomic mass is 9.94. The first-order valence-electron chi connectivity index (χ1n) is 4.85. The van der Waals surface area contributed by atoms with Crippen LogP contribution < -0.4 is 0 Å². The van der Waals surface area contributed by atoms with Gasteiger partial charge < -0.3 is 4.90 Å². The molecule has 2 aliphatic rings. The van der Waals surface area contributed by atoms with Gasteiger partial charge in [-0.2, -0.15) is 0 Å². The lowest BCUT2D eigenvalue weighted by Crippen LogP contribution is -2.37. The highest BCUT2D eigenvalue weighted by Gasteiger charge is 2.25. The van der Waals surface area contributed by atoms with Crippen LogP contribution in [0.5, 0.6) is 0 Å². The minimum atomic E-state index is 0.224. The van der Waals surface area contributed by atoms with Gasteiger partial charge in [-0.05, 0) is 12.8 Å². The highest BCUT2D eigenvalue weighted by Crippen LogP contribution is 2.24. The molecule has 0 bridgehead atoms. The molecule has 0 spiro atoms. The Hall–Kier alpha value is -0.790. The van der Waals surface area contributed by atoms with Crippen molar-refractivity contribution in [3.63, 3.8) is 0 Å². The average Bonchev–Trinajstić information content (AvgIpc) is 2.53. The molecular formula is C10H15NO. The molecule has 66 valence electrons. The van der Waals surface area contributed by atoms with Crippen LogP contribution in [0.25, 0.3) is 0 Å². The molecule has 1 fully saturated rings. The summed E-state index contributed by atoms with van der Waals surface area (Å²) in [6.07, 6.45) is 10.1. The molecule has 1 aliphatic heterocycles. The molecule has 0 unspecified atom stereocenters. The zero-order valence-corrected chi connectivity index (χ0v) is 7.33. The van der Waals surface area contributed by atoms with Crippen LogP contribution >= 0.6 is 0 Å². The summed E-state index contributed by atoms with van der Waals surface area (Å²) in [4.78, 5) is 13.3. The van der Waals surface area contributed by atoms with Crippen LogP contribution in [0.2, 0.25) is 0 Å². The standard InChI is InChI=1S/C10H15NO/c12-10-7-4-8-11(10)9-5-2-1-3-6-9/h4,7,9H,1-3,5-6,8H2. The van der Waals surface area contributed by atoms with Crippen molar-refractivity contribution in [3.8, 4) is 0 Å². The number of amides is 1. The van der Waals surface area contributed by atoms with Crippen LogP contribution in [0.1, 0.15) is 32.1 Å². The van der Waals surface area contributed by atoms with E-state index in [4.69, 9.17) is 0 Å². The third-order valence-electron chi connectivity index (χ3n) is 2.86. The van der Waals surface area contributed by atoms with Gasteiger partial charge in [0.25, 0.3) is 0 Å². The minimum Gasteiger partial charge on any atom is -0.332 e. The maximum Gasteiger partial charge on any atom is 0.246 e. The van der Waals surface area contributed by atoms with Crippen molar-refractivity contribution in [2.45, 2.75) is 38.1 Å². The van der Waals surface area contributed by atoms with E-state index >= 15 is 0 Å². The van der Waals surface area contributed by atoms with Gasteiger partial charge in [0.1, 0.15) is 0 Å². The summed E-state index contributed by atoms with van der Waals surface area (Å²) >= 11 is 0. The van der Waals surface area contributed by atoms with E-state index in [9.17, 15) is 4.79 Å². The van der Waals surface area contributed by atoms with Crippen LogP contribution in [-0.2, 0) is 4.79 Å². The molecule has 0 aromatic heterocycles. The number of carbonyl (C=O) groups excluding carboxylic acids is 1. The second kappa shape index (κ2) is 3.30. The van der Waals surface area contributed by atoms with Crippen molar-refractivity contribution < 1.29 is 4.79 Å². The molecule has 0 saturated heterocycles. The lowest BCUT2D eigenvalue weighted by molar-refractivity contribution is -0.127. The van der Waals surface area contributed by atoms with E-state index in [1.807, 2.05) is 11.0 Å². The van der Waals surface area contributed by atoms with Crippen LogP contribution in [0.3, 0.4) is 0 Å². The van der Waals surface area contributed by atoms with E-state index in [1.54, 1.807) is 6.08 Å². The zero-order valence-electron chi connectivity index (χ0n) is 7.33. The first-order valence-corrected chi connectivity index (χ1v) is 4.85. The Kier molecular flexibility index (Phi) is 2.15.